The van der Waals surface area contributed by atoms with E-state index in [4.69, 9.17) is 0 Å². The molecule has 4 nitrogen and oxygen atoms in total. The van der Waals surface area contributed by atoms with Crippen LogP contribution in [0, 0.1) is 0 Å². The minimum Gasteiger partial charge on any atom is -0.852 e. The van der Waals surface area contributed by atoms with Gasteiger partial charge in [0.2, 0.25) is 0 Å². The number of hydrogen-bond donors (Lipinski definition) is 0. The van der Waals surface area contributed by atoms with Gasteiger partial charge in [-0.15, -0.1) is 24.4 Å². The first kappa shape index (κ1) is 47.3. The van der Waals surface area contributed by atoms with Crippen LogP contribution in [-0.4, -0.2) is 24.4 Å². The second-order valence-electron chi connectivity index (χ2n) is 10.1. The molecule has 0 aliphatic rings. The third-order valence-corrected chi connectivity index (χ3v) is 6.34. The van der Waals surface area contributed by atoms with E-state index >= 15 is 0 Å². The third-order valence-electron chi connectivity index (χ3n) is 6.34. The maximum Gasteiger partial charge on any atom is 4.00 e. The summed E-state index contributed by atoms with van der Waals surface area (Å²) in [6.07, 6.45) is 19.8. The fraction of sp³-hybridized carbons (Fsp3) is 1.00. The van der Waals surface area contributed by atoms with Gasteiger partial charge in [0.15, 0.2) is 0 Å². The molecular formula is C32H68O4Ti. The molecule has 0 aliphatic carbocycles. The van der Waals surface area contributed by atoms with Gasteiger partial charge in [0.05, 0.1) is 0 Å². The first-order chi connectivity index (χ1) is 17.2. The first-order valence-corrected chi connectivity index (χ1v) is 15.9. The van der Waals surface area contributed by atoms with Crippen LogP contribution in [0.5, 0.6) is 0 Å². The quantitative estimate of drug-likeness (QED) is 0.120. The number of unbranched alkanes of at least 4 members (excludes halogenated alkanes) is 8. The zero-order valence-electron chi connectivity index (χ0n) is 26.6. The van der Waals surface area contributed by atoms with Crippen molar-refractivity contribution in [2.75, 3.05) is 0 Å². The molecule has 224 valence electrons. The standard InChI is InChI=1S/4C8H17O.Ti/c4*1-3-5-6-7-8(9)4-2;/h4*8H,3-7H2,1-2H3;/q4*-1;+4. The van der Waals surface area contributed by atoms with Crippen LogP contribution in [-0.2, 0) is 21.7 Å². The van der Waals surface area contributed by atoms with Gasteiger partial charge in [-0.2, -0.15) is 0 Å². The molecule has 0 aliphatic heterocycles. The van der Waals surface area contributed by atoms with Gasteiger partial charge in [-0.1, -0.05) is 184 Å². The second kappa shape index (κ2) is 43.6. The molecule has 0 rings (SSSR count). The molecule has 0 saturated carbocycles. The van der Waals surface area contributed by atoms with E-state index in [0.29, 0.717) is 0 Å². The molecule has 0 N–H and O–H groups in total. The minimum atomic E-state index is -0.295. The molecule has 37 heavy (non-hydrogen) atoms. The molecular weight excluding hydrogens is 496 g/mol. The predicted octanol–water partition coefficient (Wildman–Crippen LogP) is 6.82. The van der Waals surface area contributed by atoms with Crippen LogP contribution in [0.2, 0.25) is 0 Å². The molecule has 0 aromatic heterocycles. The predicted molar refractivity (Wildman–Crippen MR) is 153 cm³/mol. The summed E-state index contributed by atoms with van der Waals surface area (Å²) in [5, 5.41) is 43.1. The molecule has 0 amide bonds. The van der Waals surface area contributed by atoms with E-state index in [2.05, 4.69) is 27.7 Å². The Balaban J connectivity index is -0.000000122. The van der Waals surface area contributed by atoms with E-state index in [-0.39, 0.29) is 46.1 Å². The summed E-state index contributed by atoms with van der Waals surface area (Å²) in [5.41, 5.74) is 0. The van der Waals surface area contributed by atoms with Crippen LogP contribution in [0.25, 0.3) is 0 Å². The summed E-state index contributed by atoms with van der Waals surface area (Å²) in [5.74, 6) is 0. The van der Waals surface area contributed by atoms with Crippen molar-refractivity contribution in [3.8, 4) is 0 Å². The van der Waals surface area contributed by atoms with Crippen molar-refractivity contribution < 1.29 is 42.1 Å². The van der Waals surface area contributed by atoms with Crippen molar-refractivity contribution in [3.05, 3.63) is 0 Å². The van der Waals surface area contributed by atoms with Crippen LogP contribution < -0.4 is 20.4 Å². The van der Waals surface area contributed by atoms with Crippen molar-refractivity contribution >= 4 is 0 Å². The van der Waals surface area contributed by atoms with E-state index in [0.717, 1.165) is 77.0 Å². The van der Waals surface area contributed by atoms with Gasteiger partial charge in [0.1, 0.15) is 0 Å². The average molecular weight is 565 g/mol. The summed E-state index contributed by atoms with van der Waals surface area (Å²) in [7, 11) is 0. The SMILES string of the molecule is CCCCCC([O-])CC.CCCCCC([O-])CC.CCCCCC([O-])CC.CCCCCC([O-])CC.[Ti+4]. The van der Waals surface area contributed by atoms with Gasteiger partial charge < -0.3 is 20.4 Å². The van der Waals surface area contributed by atoms with E-state index in [9.17, 15) is 20.4 Å². The fourth-order valence-corrected chi connectivity index (χ4v) is 3.30. The number of hydrogen-bond acceptors (Lipinski definition) is 4. The van der Waals surface area contributed by atoms with Crippen LogP contribution in [0.4, 0.5) is 0 Å². The van der Waals surface area contributed by atoms with Crippen molar-refractivity contribution in [1.29, 1.82) is 0 Å². The molecule has 5 heteroatoms. The van der Waals surface area contributed by atoms with E-state index < -0.39 is 0 Å². The Labute approximate surface area is 249 Å². The normalized spacial score (nSPS) is 13.3. The van der Waals surface area contributed by atoms with Crippen molar-refractivity contribution in [1.82, 2.24) is 0 Å². The van der Waals surface area contributed by atoms with Gasteiger partial charge in [-0.25, -0.2) is 0 Å². The Morgan fingerprint density at radius 3 is 0.595 bits per heavy atom. The Hall–Kier alpha value is 0.554. The molecule has 0 fully saturated rings. The van der Waals surface area contributed by atoms with Crippen molar-refractivity contribution in [2.45, 2.75) is 208 Å². The smallest absolute Gasteiger partial charge is 0.852 e. The zero-order valence-corrected chi connectivity index (χ0v) is 28.1. The molecule has 0 aromatic rings. The molecule has 4 atom stereocenters. The van der Waals surface area contributed by atoms with Gasteiger partial charge in [-0.3, -0.25) is 0 Å². The summed E-state index contributed by atoms with van der Waals surface area (Å²) >= 11 is 0. The van der Waals surface area contributed by atoms with Crippen molar-refractivity contribution in [2.24, 2.45) is 0 Å². The first-order valence-electron chi connectivity index (χ1n) is 15.9. The topological polar surface area (TPSA) is 92.2 Å². The third kappa shape index (κ3) is 53.5. The molecule has 4 unspecified atom stereocenters. The summed E-state index contributed by atoms with van der Waals surface area (Å²) in [6.45, 7) is 16.5. The minimum absolute atomic E-state index is 0. The average Bonchev–Trinajstić information content (AvgIpc) is 2.89. The van der Waals surface area contributed by atoms with E-state index in [1.165, 1.54) is 51.4 Å². The summed E-state index contributed by atoms with van der Waals surface area (Å²) < 4.78 is 0. The van der Waals surface area contributed by atoms with Crippen LogP contribution in [0.3, 0.4) is 0 Å². The molecule has 0 spiro atoms. The van der Waals surface area contributed by atoms with Crippen LogP contribution >= 0.6 is 0 Å². The van der Waals surface area contributed by atoms with Gasteiger partial charge in [-0.05, 0) is 0 Å². The van der Waals surface area contributed by atoms with Crippen LogP contribution in [0.1, 0.15) is 184 Å². The Kier molecular flexibility index (Phi) is 55.8. The zero-order chi connectivity index (χ0) is 28.5. The van der Waals surface area contributed by atoms with Gasteiger partial charge in [0.25, 0.3) is 0 Å². The summed E-state index contributed by atoms with van der Waals surface area (Å²) in [4.78, 5) is 0. The van der Waals surface area contributed by atoms with Gasteiger partial charge in [0, 0.05) is 0 Å². The molecule has 0 radical (unpaired) electrons. The van der Waals surface area contributed by atoms with Crippen LogP contribution in [0.15, 0.2) is 0 Å². The second-order valence-corrected chi connectivity index (χ2v) is 10.1. The number of rotatable bonds is 20. The Morgan fingerprint density at radius 2 is 0.486 bits per heavy atom. The fourth-order valence-electron chi connectivity index (χ4n) is 3.30. The molecule has 0 saturated heterocycles. The Morgan fingerprint density at radius 1 is 0.324 bits per heavy atom. The molecule has 0 bridgehead atoms. The summed E-state index contributed by atoms with van der Waals surface area (Å²) in [6, 6.07) is 0. The molecule has 0 heterocycles. The monoisotopic (exact) mass is 564 g/mol. The van der Waals surface area contributed by atoms with E-state index in [1.54, 1.807) is 0 Å². The maximum absolute atomic E-state index is 10.8. The van der Waals surface area contributed by atoms with Crippen molar-refractivity contribution in [3.63, 3.8) is 0 Å². The van der Waals surface area contributed by atoms with Gasteiger partial charge >= 0.3 is 21.7 Å². The van der Waals surface area contributed by atoms with E-state index in [1.807, 2.05) is 27.7 Å². The maximum atomic E-state index is 10.8. The Bertz CT molecular complexity index is 281. The largest absolute Gasteiger partial charge is 4.00 e. The molecule has 0 aromatic carbocycles.